The lowest BCUT2D eigenvalue weighted by Gasteiger charge is -2.13. The van der Waals surface area contributed by atoms with Crippen LogP contribution in [0.4, 0.5) is 0 Å². The molecule has 234 valence electrons. The van der Waals surface area contributed by atoms with Crippen LogP contribution in [0.25, 0.3) is 88.4 Å². The zero-order valence-corrected chi connectivity index (χ0v) is 27.4. The minimum absolute atomic E-state index is 1.15. The van der Waals surface area contributed by atoms with Crippen molar-refractivity contribution < 1.29 is 0 Å². The van der Waals surface area contributed by atoms with Crippen LogP contribution in [0.2, 0.25) is 0 Å². The molecule has 10 rings (SSSR count). The Kier molecular flexibility index (Phi) is 6.53. The summed E-state index contributed by atoms with van der Waals surface area (Å²) in [5.41, 5.74) is 14.5. The van der Waals surface area contributed by atoms with Gasteiger partial charge in [0.2, 0.25) is 0 Å². The molecule has 0 saturated carbocycles. The Bertz CT molecular complexity index is 2840. The molecular weight excluding hydrogens is 605 g/mol. The fourth-order valence-corrected chi connectivity index (χ4v) is 7.90. The molecule has 0 fully saturated rings. The van der Waals surface area contributed by atoms with Crippen molar-refractivity contribution in [2.75, 3.05) is 0 Å². The Balaban J connectivity index is 1.21. The van der Waals surface area contributed by atoms with E-state index in [9.17, 15) is 0 Å². The number of fused-ring (bicyclic) bond motifs is 7. The summed E-state index contributed by atoms with van der Waals surface area (Å²) in [4.78, 5) is 0. The zero-order chi connectivity index (χ0) is 33.0. The van der Waals surface area contributed by atoms with E-state index < -0.39 is 0 Å². The Morgan fingerprint density at radius 1 is 0.280 bits per heavy atom. The van der Waals surface area contributed by atoms with Crippen molar-refractivity contribution in [3.8, 4) is 44.8 Å². The molecule has 0 aliphatic heterocycles. The number of hydrogen-bond donors (Lipinski definition) is 0. The molecule has 2 heterocycles. The monoisotopic (exact) mass is 636 g/mol. The van der Waals surface area contributed by atoms with Crippen molar-refractivity contribution in [2.45, 2.75) is 0 Å². The number of para-hydroxylation sites is 2. The highest BCUT2D eigenvalue weighted by Crippen LogP contribution is 2.42. The van der Waals surface area contributed by atoms with Crippen molar-refractivity contribution >= 4 is 43.6 Å². The van der Waals surface area contributed by atoms with Crippen LogP contribution in [0.5, 0.6) is 0 Å². The maximum atomic E-state index is 2.47. The maximum absolute atomic E-state index is 2.47. The van der Waals surface area contributed by atoms with E-state index in [2.05, 4.69) is 203 Å². The van der Waals surface area contributed by atoms with E-state index in [1.54, 1.807) is 0 Å². The number of benzene rings is 8. The van der Waals surface area contributed by atoms with Gasteiger partial charge in [0.1, 0.15) is 0 Å². The molecule has 2 aromatic heterocycles. The predicted octanol–water partition coefficient (Wildman–Crippen LogP) is 12.9. The third-order valence-corrected chi connectivity index (χ3v) is 10.1. The zero-order valence-electron chi connectivity index (χ0n) is 27.4. The minimum Gasteiger partial charge on any atom is -0.309 e. The summed E-state index contributed by atoms with van der Waals surface area (Å²) in [6.07, 6.45) is 0. The highest BCUT2D eigenvalue weighted by atomic mass is 15.0. The lowest BCUT2D eigenvalue weighted by atomic mass is 9.94. The number of hydrogen-bond acceptors (Lipinski definition) is 0. The second-order valence-corrected chi connectivity index (χ2v) is 12.9. The molecule has 0 unspecified atom stereocenters. The van der Waals surface area contributed by atoms with Crippen molar-refractivity contribution in [3.63, 3.8) is 0 Å². The fourth-order valence-electron chi connectivity index (χ4n) is 7.90. The first kappa shape index (κ1) is 28.4. The summed E-state index contributed by atoms with van der Waals surface area (Å²) >= 11 is 0. The smallest absolute Gasteiger partial charge is 0.0641 e. The van der Waals surface area contributed by atoms with Gasteiger partial charge in [-0.15, -0.1) is 0 Å². The summed E-state index contributed by atoms with van der Waals surface area (Å²) < 4.78 is 4.90. The standard InChI is InChI=1S/C48H32N2/c1-3-14-33(15-4-1)36-18-13-19-38(32-36)49-45-25-12-10-23-43(45)47-46(49)31-30-42-41-22-9-11-24-44(41)50(48(42)47)37-28-26-35(27-29-37)40-21-8-7-20-39(40)34-16-5-2-6-17-34/h1-32H. The van der Waals surface area contributed by atoms with Gasteiger partial charge in [0.25, 0.3) is 0 Å². The van der Waals surface area contributed by atoms with Crippen LogP contribution in [-0.2, 0) is 0 Å². The van der Waals surface area contributed by atoms with Gasteiger partial charge >= 0.3 is 0 Å². The summed E-state index contributed by atoms with van der Waals surface area (Å²) in [6.45, 7) is 0. The first-order chi connectivity index (χ1) is 24.8. The van der Waals surface area contributed by atoms with Crippen LogP contribution >= 0.6 is 0 Å². The van der Waals surface area contributed by atoms with E-state index in [1.807, 2.05) is 0 Å². The van der Waals surface area contributed by atoms with E-state index in [0.29, 0.717) is 0 Å². The van der Waals surface area contributed by atoms with E-state index in [4.69, 9.17) is 0 Å². The predicted molar refractivity (Wildman–Crippen MR) is 211 cm³/mol. The lowest BCUT2D eigenvalue weighted by molar-refractivity contribution is 1.17. The van der Waals surface area contributed by atoms with Gasteiger partial charge in [-0.2, -0.15) is 0 Å². The highest BCUT2D eigenvalue weighted by molar-refractivity contribution is 6.26. The second kappa shape index (κ2) is 11.5. The molecule has 0 N–H and O–H groups in total. The summed E-state index contributed by atoms with van der Waals surface area (Å²) in [5.74, 6) is 0. The molecular formula is C48H32N2. The number of nitrogens with zero attached hydrogens (tertiary/aromatic N) is 2. The van der Waals surface area contributed by atoms with E-state index in [1.165, 1.54) is 77.0 Å². The molecule has 8 aromatic carbocycles. The normalized spacial score (nSPS) is 11.6. The Morgan fingerprint density at radius 2 is 0.840 bits per heavy atom. The van der Waals surface area contributed by atoms with Gasteiger partial charge in [-0.1, -0.05) is 152 Å². The first-order valence-corrected chi connectivity index (χ1v) is 17.2. The largest absolute Gasteiger partial charge is 0.309 e. The Labute approximate surface area is 290 Å². The van der Waals surface area contributed by atoms with Gasteiger partial charge in [-0.05, 0) is 75.8 Å². The summed E-state index contributed by atoms with van der Waals surface area (Å²) in [6, 6.07) is 70.3. The third kappa shape index (κ3) is 4.43. The summed E-state index contributed by atoms with van der Waals surface area (Å²) in [5, 5.41) is 5.02. The van der Waals surface area contributed by atoms with Crippen molar-refractivity contribution in [3.05, 3.63) is 194 Å². The molecule has 0 aliphatic rings. The van der Waals surface area contributed by atoms with Gasteiger partial charge in [-0.3, -0.25) is 0 Å². The van der Waals surface area contributed by atoms with Crippen molar-refractivity contribution in [1.29, 1.82) is 0 Å². The highest BCUT2D eigenvalue weighted by Gasteiger charge is 2.21. The average Bonchev–Trinajstić information content (AvgIpc) is 3.72. The van der Waals surface area contributed by atoms with Crippen LogP contribution in [0.3, 0.4) is 0 Å². The van der Waals surface area contributed by atoms with E-state index in [0.717, 1.165) is 11.4 Å². The van der Waals surface area contributed by atoms with Crippen molar-refractivity contribution in [1.82, 2.24) is 9.13 Å². The molecule has 0 aliphatic carbocycles. The lowest BCUT2D eigenvalue weighted by Crippen LogP contribution is -1.96. The minimum atomic E-state index is 1.15. The second-order valence-electron chi connectivity index (χ2n) is 12.9. The van der Waals surface area contributed by atoms with Crippen LogP contribution in [0, 0.1) is 0 Å². The van der Waals surface area contributed by atoms with Gasteiger partial charge in [0.05, 0.1) is 22.1 Å². The Morgan fingerprint density at radius 3 is 1.56 bits per heavy atom. The van der Waals surface area contributed by atoms with Crippen LogP contribution in [-0.4, -0.2) is 9.13 Å². The fraction of sp³-hybridized carbons (Fsp3) is 0. The molecule has 0 bridgehead atoms. The molecule has 0 spiro atoms. The van der Waals surface area contributed by atoms with Gasteiger partial charge in [0, 0.05) is 32.9 Å². The number of rotatable bonds is 5. The Hall–Kier alpha value is -6.64. The molecule has 0 atom stereocenters. The molecule has 0 amide bonds. The van der Waals surface area contributed by atoms with Gasteiger partial charge in [-0.25, -0.2) is 0 Å². The molecule has 50 heavy (non-hydrogen) atoms. The molecule has 2 heteroatoms. The molecule has 0 saturated heterocycles. The molecule has 0 radical (unpaired) electrons. The van der Waals surface area contributed by atoms with Gasteiger partial charge in [0.15, 0.2) is 0 Å². The van der Waals surface area contributed by atoms with E-state index >= 15 is 0 Å². The summed E-state index contributed by atoms with van der Waals surface area (Å²) in [7, 11) is 0. The average molecular weight is 637 g/mol. The topological polar surface area (TPSA) is 9.86 Å². The van der Waals surface area contributed by atoms with Crippen LogP contribution in [0.1, 0.15) is 0 Å². The number of aromatic nitrogens is 2. The SMILES string of the molecule is c1ccc(-c2cccc(-n3c4ccccc4c4c3ccc3c5ccccc5n(-c5ccc(-c6ccccc6-c6ccccc6)cc5)c34)c2)cc1. The molecule has 10 aromatic rings. The van der Waals surface area contributed by atoms with E-state index in [-0.39, 0.29) is 0 Å². The quantitative estimate of drug-likeness (QED) is 0.178. The van der Waals surface area contributed by atoms with Crippen molar-refractivity contribution in [2.24, 2.45) is 0 Å². The molecule has 2 nitrogen and oxygen atoms in total. The maximum Gasteiger partial charge on any atom is 0.0641 e. The van der Waals surface area contributed by atoms with Gasteiger partial charge < -0.3 is 9.13 Å². The third-order valence-electron chi connectivity index (χ3n) is 10.1. The van der Waals surface area contributed by atoms with Crippen LogP contribution in [0.15, 0.2) is 194 Å². The first-order valence-electron chi connectivity index (χ1n) is 17.2. The van der Waals surface area contributed by atoms with Crippen LogP contribution < -0.4 is 0 Å².